The average molecular weight is 318 g/mol. The fourth-order valence-corrected chi connectivity index (χ4v) is 2.81. The summed E-state index contributed by atoms with van der Waals surface area (Å²) in [4.78, 5) is 15.5. The van der Waals surface area contributed by atoms with Gasteiger partial charge in [0.15, 0.2) is 5.69 Å². The zero-order valence-corrected chi connectivity index (χ0v) is 12.9. The van der Waals surface area contributed by atoms with Gasteiger partial charge in [0, 0.05) is 13.1 Å². The summed E-state index contributed by atoms with van der Waals surface area (Å²) in [6.07, 6.45) is 2.66. The van der Waals surface area contributed by atoms with Gasteiger partial charge < -0.3 is 10.0 Å². The van der Waals surface area contributed by atoms with Gasteiger partial charge in [-0.05, 0) is 49.9 Å². The van der Waals surface area contributed by atoms with Gasteiger partial charge in [-0.1, -0.05) is 0 Å². The molecule has 1 N–H and O–H groups in total. The van der Waals surface area contributed by atoms with Gasteiger partial charge in [-0.3, -0.25) is 4.79 Å². The first kappa shape index (κ1) is 15.6. The minimum absolute atomic E-state index is 0.164. The van der Waals surface area contributed by atoms with Crippen LogP contribution in [0.5, 0.6) is 0 Å². The number of aliphatic hydroxyl groups excluding tert-OH is 1. The molecule has 23 heavy (non-hydrogen) atoms. The van der Waals surface area contributed by atoms with Gasteiger partial charge in [0.25, 0.3) is 5.91 Å². The van der Waals surface area contributed by atoms with Gasteiger partial charge >= 0.3 is 0 Å². The van der Waals surface area contributed by atoms with Crippen LogP contribution in [0.15, 0.2) is 30.5 Å². The van der Waals surface area contributed by atoms with E-state index in [0.29, 0.717) is 18.8 Å². The quantitative estimate of drug-likeness (QED) is 0.934. The standard InChI is InChI=1S/C16H19FN4O2/c1-11(22)12-6-8-20(9-7-12)16(23)15-10-18-21(19-15)14-4-2-13(17)3-5-14/h2-5,10-12,22H,6-9H2,1H3. The van der Waals surface area contributed by atoms with Gasteiger partial charge in [0.05, 0.1) is 18.0 Å². The Labute approximate surface area is 133 Å². The van der Waals surface area contributed by atoms with E-state index in [2.05, 4.69) is 10.2 Å². The van der Waals surface area contributed by atoms with Crippen molar-refractivity contribution in [3.8, 4) is 5.69 Å². The summed E-state index contributed by atoms with van der Waals surface area (Å²) >= 11 is 0. The van der Waals surface area contributed by atoms with Crippen molar-refractivity contribution in [2.45, 2.75) is 25.9 Å². The first-order valence-electron chi connectivity index (χ1n) is 7.70. The van der Waals surface area contributed by atoms with Crippen molar-refractivity contribution in [2.75, 3.05) is 13.1 Å². The van der Waals surface area contributed by atoms with E-state index in [1.807, 2.05) is 0 Å². The predicted molar refractivity (Wildman–Crippen MR) is 81.6 cm³/mol. The lowest BCUT2D eigenvalue weighted by Crippen LogP contribution is -2.40. The second-order valence-corrected chi connectivity index (χ2v) is 5.87. The van der Waals surface area contributed by atoms with Crippen molar-refractivity contribution in [1.82, 2.24) is 19.9 Å². The Balaban J connectivity index is 1.68. The SMILES string of the molecule is CC(O)C1CCN(C(=O)c2cnn(-c3ccc(F)cc3)n2)CC1. The molecule has 1 aliphatic rings. The molecular weight excluding hydrogens is 299 g/mol. The Kier molecular flexibility index (Phi) is 4.38. The summed E-state index contributed by atoms with van der Waals surface area (Å²) in [5, 5.41) is 17.9. The first-order valence-corrected chi connectivity index (χ1v) is 7.70. The summed E-state index contributed by atoms with van der Waals surface area (Å²) in [5.41, 5.74) is 0.864. The van der Waals surface area contributed by atoms with Crippen molar-refractivity contribution in [3.05, 3.63) is 42.0 Å². The summed E-state index contributed by atoms with van der Waals surface area (Å²) in [5.74, 6) is -0.255. The summed E-state index contributed by atoms with van der Waals surface area (Å²) in [6.45, 7) is 3.01. The molecule has 122 valence electrons. The van der Waals surface area contributed by atoms with Gasteiger partial charge in [0.2, 0.25) is 0 Å². The van der Waals surface area contributed by atoms with Crippen molar-refractivity contribution >= 4 is 5.91 Å². The van der Waals surface area contributed by atoms with Crippen LogP contribution in [0.2, 0.25) is 0 Å². The lowest BCUT2D eigenvalue weighted by atomic mass is 9.92. The highest BCUT2D eigenvalue weighted by atomic mass is 19.1. The largest absolute Gasteiger partial charge is 0.393 e. The molecular formula is C16H19FN4O2. The van der Waals surface area contributed by atoms with E-state index in [9.17, 15) is 14.3 Å². The number of benzene rings is 1. The van der Waals surface area contributed by atoms with Crippen molar-refractivity contribution < 1.29 is 14.3 Å². The number of piperidine rings is 1. The van der Waals surface area contributed by atoms with Crippen molar-refractivity contribution in [1.29, 1.82) is 0 Å². The topological polar surface area (TPSA) is 71.2 Å². The van der Waals surface area contributed by atoms with Crippen LogP contribution >= 0.6 is 0 Å². The van der Waals surface area contributed by atoms with Crippen LogP contribution in [0.25, 0.3) is 5.69 Å². The lowest BCUT2D eigenvalue weighted by molar-refractivity contribution is 0.0516. The molecule has 0 spiro atoms. The van der Waals surface area contributed by atoms with E-state index in [4.69, 9.17) is 0 Å². The van der Waals surface area contributed by atoms with E-state index in [1.165, 1.54) is 23.1 Å². The maximum atomic E-state index is 12.9. The van der Waals surface area contributed by atoms with Crippen molar-refractivity contribution in [2.24, 2.45) is 5.92 Å². The normalized spacial score (nSPS) is 17.3. The lowest BCUT2D eigenvalue weighted by Gasteiger charge is -2.32. The van der Waals surface area contributed by atoms with E-state index >= 15 is 0 Å². The Morgan fingerprint density at radius 2 is 1.96 bits per heavy atom. The molecule has 0 saturated carbocycles. The highest BCUT2D eigenvalue weighted by molar-refractivity contribution is 5.92. The number of nitrogens with zero attached hydrogens (tertiary/aromatic N) is 4. The molecule has 0 bridgehead atoms. The number of carbonyl (C=O) groups is 1. The molecule has 1 aromatic carbocycles. The predicted octanol–water partition coefficient (Wildman–Crippen LogP) is 1.64. The summed E-state index contributed by atoms with van der Waals surface area (Å²) in [6, 6.07) is 5.75. The Morgan fingerprint density at radius 3 is 2.57 bits per heavy atom. The molecule has 1 fully saturated rings. The number of likely N-dealkylation sites (tertiary alicyclic amines) is 1. The van der Waals surface area contributed by atoms with Gasteiger partial charge in [0.1, 0.15) is 5.82 Å². The third kappa shape index (κ3) is 3.39. The van der Waals surface area contributed by atoms with Gasteiger partial charge in [-0.2, -0.15) is 9.90 Å². The van der Waals surface area contributed by atoms with Gasteiger partial charge in [-0.25, -0.2) is 4.39 Å². The number of halogens is 1. The molecule has 0 aliphatic carbocycles. The monoisotopic (exact) mass is 318 g/mol. The van der Waals surface area contributed by atoms with Crippen LogP contribution in [0.3, 0.4) is 0 Å². The van der Waals surface area contributed by atoms with Crippen molar-refractivity contribution in [3.63, 3.8) is 0 Å². The van der Waals surface area contributed by atoms with E-state index in [0.717, 1.165) is 12.8 Å². The number of carbonyl (C=O) groups excluding carboxylic acids is 1. The molecule has 1 aromatic heterocycles. The maximum absolute atomic E-state index is 12.9. The number of aliphatic hydroxyl groups is 1. The first-order chi connectivity index (χ1) is 11.0. The van der Waals surface area contributed by atoms with Gasteiger partial charge in [-0.15, -0.1) is 5.10 Å². The molecule has 0 radical (unpaired) electrons. The second-order valence-electron chi connectivity index (χ2n) is 5.87. The van der Waals surface area contributed by atoms with Crippen LogP contribution in [0, 0.1) is 11.7 Å². The highest BCUT2D eigenvalue weighted by Crippen LogP contribution is 2.21. The summed E-state index contributed by atoms with van der Waals surface area (Å²) in [7, 11) is 0. The maximum Gasteiger partial charge on any atom is 0.276 e. The highest BCUT2D eigenvalue weighted by Gasteiger charge is 2.27. The van der Waals surface area contributed by atoms with Crippen LogP contribution in [0.4, 0.5) is 4.39 Å². The Bertz CT molecular complexity index is 676. The fraction of sp³-hybridized carbons (Fsp3) is 0.438. The molecule has 1 amide bonds. The molecule has 2 heterocycles. The molecule has 1 saturated heterocycles. The van der Waals surface area contributed by atoms with Crippen LogP contribution in [0.1, 0.15) is 30.3 Å². The van der Waals surface area contributed by atoms with Crippen LogP contribution in [-0.4, -0.2) is 50.1 Å². The average Bonchev–Trinajstić information content (AvgIpc) is 3.05. The van der Waals surface area contributed by atoms with E-state index in [-0.39, 0.29) is 29.4 Å². The molecule has 1 atom stereocenters. The third-order valence-corrected chi connectivity index (χ3v) is 4.28. The zero-order valence-electron chi connectivity index (χ0n) is 12.9. The molecule has 6 nitrogen and oxygen atoms in total. The minimum Gasteiger partial charge on any atom is -0.393 e. The molecule has 7 heteroatoms. The van der Waals surface area contributed by atoms with Crippen LogP contribution in [-0.2, 0) is 0 Å². The number of hydrogen-bond acceptors (Lipinski definition) is 4. The van der Waals surface area contributed by atoms with E-state index in [1.54, 1.807) is 24.0 Å². The zero-order chi connectivity index (χ0) is 16.4. The van der Waals surface area contributed by atoms with E-state index < -0.39 is 0 Å². The second kappa shape index (κ2) is 6.45. The molecule has 1 aliphatic heterocycles. The number of amides is 1. The molecule has 1 unspecified atom stereocenters. The molecule has 2 aromatic rings. The van der Waals surface area contributed by atoms with Crippen LogP contribution < -0.4 is 0 Å². The summed E-state index contributed by atoms with van der Waals surface area (Å²) < 4.78 is 12.9. The third-order valence-electron chi connectivity index (χ3n) is 4.28. The minimum atomic E-state index is -0.341. The number of rotatable bonds is 3. The number of hydrogen-bond donors (Lipinski definition) is 1. The Morgan fingerprint density at radius 1 is 1.30 bits per heavy atom. The number of aromatic nitrogens is 3. The smallest absolute Gasteiger partial charge is 0.276 e. The molecule has 3 rings (SSSR count). The fourth-order valence-electron chi connectivity index (χ4n) is 2.81. The Hall–Kier alpha value is -2.28.